The van der Waals surface area contributed by atoms with Crippen molar-refractivity contribution < 1.29 is 23.3 Å². The molecule has 2 atom stereocenters. The van der Waals surface area contributed by atoms with Gasteiger partial charge in [0.2, 0.25) is 0 Å². The number of hydrogen-bond donors (Lipinski definition) is 1. The van der Waals surface area contributed by atoms with Crippen molar-refractivity contribution in [1.29, 1.82) is 0 Å². The second-order valence-electron chi connectivity index (χ2n) is 4.79. The average molecular weight is 279 g/mol. The van der Waals surface area contributed by atoms with Crippen LogP contribution in [0.2, 0.25) is 0 Å². The van der Waals surface area contributed by atoms with Crippen LogP contribution in [0, 0.1) is 0 Å². The van der Waals surface area contributed by atoms with Crippen LogP contribution in [0.25, 0.3) is 0 Å². The van der Waals surface area contributed by atoms with Crippen LogP contribution in [0.15, 0.2) is 0 Å². The van der Waals surface area contributed by atoms with E-state index in [1.165, 1.54) is 13.4 Å². The van der Waals surface area contributed by atoms with Gasteiger partial charge in [0.1, 0.15) is 11.6 Å². The standard InChI is InChI=1S/C11H21NO5S/c1-11(2,3)17-10(14)12-8(9(13)16-4)6-7-18(5)15/h8H,6-7H2,1-5H3,(H,12,14)/t8-,18+/m0/s1. The van der Waals surface area contributed by atoms with Gasteiger partial charge in [-0.05, 0) is 27.2 Å². The molecule has 1 N–H and O–H groups in total. The molecule has 0 aromatic heterocycles. The topological polar surface area (TPSA) is 81.7 Å². The van der Waals surface area contributed by atoms with Gasteiger partial charge in [0.05, 0.1) is 7.11 Å². The molecule has 0 bridgehead atoms. The Morgan fingerprint density at radius 3 is 2.28 bits per heavy atom. The van der Waals surface area contributed by atoms with Gasteiger partial charge >= 0.3 is 12.1 Å². The van der Waals surface area contributed by atoms with Crippen molar-refractivity contribution >= 4 is 22.9 Å². The Labute approximate surface area is 110 Å². The second-order valence-corrected chi connectivity index (χ2v) is 6.34. The van der Waals surface area contributed by atoms with E-state index in [9.17, 15) is 13.8 Å². The lowest BCUT2D eigenvalue weighted by Crippen LogP contribution is -2.44. The van der Waals surface area contributed by atoms with Gasteiger partial charge in [0.15, 0.2) is 0 Å². The summed E-state index contributed by atoms with van der Waals surface area (Å²) in [5.74, 6) is -0.276. The Hall–Kier alpha value is -1.11. The first-order chi connectivity index (χ1) is 8.15. The van der Waals surface area contributed by atoms with Crippen LogP contribution >= 0.6 is 0 Å². The maximum Gasteiger partial charge on any atom is 0.408 e. The molecule has 0 spiro atoms. The van der Waals surface area contributed by atoms with Crippen molar-refractivity contribution in [2.75, 3.05) is 19.1 Å². The van der Waals surface area contributed by atoms with Crippen molar-refractivity contribution in [3.63, 3.8) is 0 Å². The van der Waals surface area contributed by atoms with Gasteiger partial charge in [-0.3, -0.25) is 4.21 Å². The number of ether oxygens (including phenoxy) is 2. The molecule has 0 aliphatic carbocycles. The van der Waals surface area contributed by atoms with Gasteiger partial charge in [-0.2, -0.15) is 0 Å². The fraction of sp³-hybridized carbons (Fsp3) is 0.818. The molecular weight excluding hydrogens is 258 g/mol. The Morgan fingerprint density at radius 2 is 1.89 bits per heavy atom. The zero-order valence-electron chi connectivity index (χ0n) is 11.4. The van der Waals surface area contributed by atoms with Gasteiger partial charge in [-0.25, -0.2) is 9.59 Å². The first-order valence-electron chi connectivity index (χ1n) is 5.53. The minimum atomic E-state index is -1.04. The molecule has 1 amide bonds. The number of hydrogen-bond acceptors (Lipinski definition) is 5. The fourth-order valence-electron chi connectivity index (χ4n) is 1.12. The average Bonchev–Trinajstić information content (AvgIpc) is 2.20. The molecule has 0 heterocycles. The van der Waals surface area contributed by atoms with Crippen molar-refractivity contribution in [3.8, 4) is 0 Å². The number of alkyl carbamates (subject to hydrolysis) is 1. The minimum absolute atomic E-state index is 0.245. The van der Waals surface area contributed by atoms with E-state index in [-0.39, 0.29) is 6.42 Å². The van der Waals surface area contributed by atoms with E-state index in [2.05, 4.69) is 10.1 Å². The number of amides is 1. The predicted molar refractivity (Wildman–Crippen MR) is 68.7 cm³/mol. The number of esters is 1. The molecule has 18 heavy (non-hydrogen) atoms. The van der Waals surface area contributed by atoms with Gasteiger partial charge in [-0.1, -0.05) is 0 Å². The highest BCUT2D eigenvalue weighted by atomic mass is 32.2. The molecule has 6 nitrogen and oxygen atoms in total. The smallest absolute Gasteiger partial charge is 0.408 e. The van der Waals surface area contributed by atoms with Gasteiger partial charge in [0, 0.05) is 22.8 Å². The van der Waals surface area contributed by atoms with E-state index < -0.39 is 34.5 Å². The Kier molecular flexibility index (Phi) is 6.90. The zero-order chi connectivity index (χ0) is 14.3. The highest BCUT2D eigenvalue weighted by Crippen LogP contribution is 2.07. The van der Waals surface area contributed by atoms with Crippen LogP contribution in [0.4, 0.5) is 4.79 Å². The molecule has 0 aromatic rings. The third kappa shape index (κ3) is 8.05. The molecule has 106 valence electrons. The monoisotopic (exact) mass is 279 g/mol. The summed E-state index contributed by atoms with van der Waals surface area (Å²) < 4.78 is 20.6. The molecule has 0 aliphatic heterocycles. The van der Waals surface area contributed by atoms with Crippen LogP contribution in [0.1, 0.15) is 27.2 Å². The summed E-state index contributed by atoms with van der Waals surface area (Å²) >= 11 is 0. The summed E-state index contributed by atoms with van der Waals surface area (Å²) in [7, 11) is 0.193. The zero-order valence-corrected chi connectivity index (χ0v) is 12.3. The van der Waals surface area contributed by atoms with E-state index in [0.717, 1.165) is 0 Å². The molecule has 0 aliphatic rings. The first kappa shape index (κ1) is 16.9. The Morgan fingerprint density at radius 1 is 1.33 bits per heavy atom. The van der Waals surface area contributed by atoms with Crippen molar-refractivity contribution in [1.82, 2.24) is 5.32 Å². The summed E-state index contributed by atoms with van der Waals surface area (Å²) in [6, 6.07) is -0.839. The van der Waals surface area contributed by atoms with Crippen LogP contribution in [-0.4, -0.2) is 47.0 Å². The summed E-state index contributed by atoms with van der Waals surface area (Å²) in [6.45, 7) is 5.17. The quantitative estimate of drug-likeness (QED) is 0.753. The molecule has 0 saturated heterocycles. The highest BCUT2D eigenvalue weighted by molar-refractivity contribution is 7.84. The van der Waals surface area contributed by atoms with E-state index >= 15 is 0 Å². The normalized spacial score (nSPS) is 14.5. The first-order valence-corrected chi connectivity index (χ1v) is 7.26. The van der Waals surface area contributed by atoms with Crippen LogP contribution in [-0.2, 0) is 25.1 Å². The fourth-order valence-corrected chi connectivity index (χ4v) is 1.69. The second kappa shape index (κ2) is 7.35. The summed E-state index contributed by atoms with van der Waals surface area (Å²) in [5.41, 5.74) is -0.641. The third-order valence-corrected chi connectivity index (χ3v) is 2.68. The lowest BCUT2D eigenvalue weighted by molar-refractivity contribution is -0.143. The molecule has 0 fully saturated rings. The van der Waals surface area contributed by atoms with Gasteiger partial charge < -0.3 is 14.8 Å². The number of methoxy groups -OCH3 is 1. The molecule has 0 radical (unpaired) electrons. The number of rotatable bonds is 5. The lowest BCUT2D eigenvalue weighted by Gasteiger charge is -2.22. The summed E-state index contributed by atoms with van der Waals surface area (Å²) in [5, 5.41) is 2.41. The number of carbonyl (C=O) groups is 2. The molecular formula is C11H21NO5S. The van der Waals surface area contributed by atoms with Crippen molar-refractivity contribution in [3.05, 3.63) is 0 Å². The molecule has 0 aromatic carbocycles. The van der Waals surface area contributed by atoms with Crippen LogP contribution < -0.4 is 5.32 Å². The SMILES string of the molecule is COC(=O)[C@H](CC[S@@](C)=O)NC(=O)OC(C)(C)C. The molecule has 0 rings (SSSR count). The molecule has 0 saturated carbocycles. The van der Waals surface area contributed by atoms with E-state index in [4.69, 9.17) is 4.74 Å². The predicted octanol–water partition coefficient (Wildman–Crippen LogP) is 0.821. The third-order valence-electron chi connectivity index (χ3n) is 1.87. The highest BCUT2D eigenvalue weighted by Gasteiger charge is 2.24. The largest absolute Gasteiger partial charge is 0.467 e. The molecule has 7 heteroatoms. The Bertz CT molecular complexity index is 324. The summed E-state index contributed by atoms with van der Waals surface area (Å²) in [4.78, 5) is 23.0. The minimum Gasteiger partial charge on any atom is -0.467 e. The van der Waals surface area contributed by atoms with E-state index in [1.807, 2.05) is 0 Å². The maximum atomic E-state index is 11.5. The van der Waals surface area contributed by atoms with Crippen molar-refractivity contribution in [2.24, 2.45) is 0 Å². The summed E-state index contributed by atoms with van der Waals surface area (Å²) in [6.07, 6.45) is 1.08. The lowest BCUT2D eigenvalue weighted by atomic mass is 10.2. The number of nitrogens with one attached hydrogen (secondary N) is 1. The van der Waals surface area contributed by atoms with E-state index in [1.54, 1.807) is 20.8 Å². The van der Waals surface area contributed by atoms with Gasteiger partial charge in [-0.15, -0.1) is 0 Å². The van der Waals surface area contributed by atoms with Crippen LogP contribution in [0.3, 0.4) is 0 Å². The van der Waals surface area contributed by atoms with Crippen molar-refractivity contribution in [2.45, 2.75) is 38.8 Å². The van der Waals surface area contributed by atoms with Crippen LogP contribution in [0.5, 0.6) is 0 Å². The maximum absolute atomic E-state index is 11.5. The molecule has 0 unspecified atom stereocenters. The van der Waals surface area contributed by atoms with Gasteiger partial charge in [0.25, 0.3) is 0 Å². The number of carbonyl (C=O) groups excluding carboxylic acids is 2. The Balaban J connectivity index is 4.45. The van der Waals surface area contributed by atoms with E-state index in [0.29, 0.717) is 5.75 Å².